The Morgan fingerprint density at radius 1 is 1.14 bits per heavy atom. The van der Waals surface area contributed by atoms with Crippen molar-refractivity contribution in [3.8, 4) is 0 Å². The van der Waals surface area contributed by atoms with Gasteiger partial charge in [-0.05, 0) is 67.0 Å². The van der Waals surface area contributed by atoms with Gasteiger partial charge in [-0.3, -0.25) is 0 Å². The summed E-state index contributed by atoms with van der Waals surface area (Å²) >= 11 is 13.1. The minimum Gasteiger partial charge on any atom is -0.378 e. The topological polar surface area (TPSA) is 53.2 Å². The summed E-state index contributed by atoms with van der Waals surface area (Å²) < 4.78 is 0. The molecule has 2 aromatic rings. The van der Waals surface area contributed by atoms with E-state index in [1.807, 2.05) is 31.2 Å². The number of benzene rings is 2. The molecule has 1 aliphatic heterocycles. The molecule has 0 spiro atoms. The largest absolute Gasteiger partial charge is 0.378 e. The van der Waals surface area contributed by atoms with Crippen molar-refractivity contribution >= 4 is 40.6 Å². The van der Waals surface area contributed by atoms with Gasteiger partial charge in [-0.2, -0.15) is 0 Å². The first-order valence-electron chi connectivity index (χ1n) is 10.5. The molecular formula is C23H27Cl2N3O. The second-order valence-corrected chi connectivity index (χ2v) is 8.81. The van der Waals surface area contributed by atoms with Crippen molar-refractivity contribution in [2.24, 2.45) is 5.92 Å². The maximum atomic E-state index is 12.1. The fraction of sp³-hybridized carbons (Fsp3) is 0.435. The second-order valence-electron chi connectivity index (χ2n) is 8.00. The smallest absolute Gasteiger partial charge is 0.319 e. The second kappa shape index (κ2) is 8.85. The Balaban J connectivity index is 1.66. The first-order valence-corrected chi connectivity index (χ1v) is 11.2. The van der Waals surface area contributed by atoms with Gasteiger partial charge in [0.25, 0.3) is 0 Å². The molecule has 3 unspecified atom stereocenters. The normalized spacial score (nSPS) is 22.8. The zero-order valence-electron chi connectivity index (χ0n) is 16.6. The number of hydrogen-bond donors (Lipinski definition) is 3. The number of urea groups is 1. The van der Waals surface area contributed by atoms with Gasteiger partial charge in [0.2, 0.25) is 0 Å². The average Bonchev–Trinajstić information content (AvgIpc) is 2.72. The van der Waals surface area contributed by atoms with Crippen LogP contribution in [0.15, 0.2) is 36.4 Å². The number of carbonyl (C=O) groups is 1. The van der Waals surface area contributed by atoms with Crippen LogP contribution in [0.25, 0.3) is 0 Å². The molecule has 0 radical (unpaired) electrons. The zero-order valence-corrected chi connectivity index (χ0v) is 18.1. The van der Waals surface area contributed by atoms with E-state index in [9.17, 15) is 4.79 Å². The lowest BCUT2D eigenvalue weighted by molar-refractivity contribution is 0.252. The zero-order chi connectivity index (χ0) is 20.4. The Kier molecular flexibility index (Phi) is 6.21. The Labute approximate surface area is 182 Å². The third kappa shape index (κ3) is 4.19. The molecule has 1 aliphatic carbocycles. The third-order valence-corrected chi connectivity index (χ3v) is 6.77. The number of amides is 2. The molecule has 0 aromatic heterocycles. The number of nitrogens with one attached hydrogen (secondary N) is 3. The van der Waals surface area contributed by atoms with Crippen LogP contribution in [0.2, 0.25) is 10.0 Å². The Bertz CT molecular complexity index is 881. The Morgan fingerprint density at radius 2 is 1.90 bits per heavy atom. The highest BCUT2D eigenvalue weighted by Gasteiger charge is 2.40. The van der Waals surface area contributed by atoms with Crippen molar-refractivity contribution in [3.63, 3.8) is 0 Å². The highest BCUT2D eigenvalue weighted by Crippen LogP contribution is 2.53. The van der Waals surface area contributed by atoms with Crippen molar-refractivity contribution in [2.45, 2.75) is 51.0 Å². The molecule has 3 N–H and O–H groups in total. The van der Waals surface area contributed by atoms with E-state index in [1.54, 1.807) is 0 Å². The molecule has 4 nitrogen and oxygen atoms in total. The van der Waals surface area contributed by atoms with Crippen LogP contribution in [-0.2, 0) is 0 Å². The summed E-state index contributed by atoms with van der Waals surface area (Å²) in [6.07, 6.45) is 5.63. The molecule has 6 heteroatoms. The van der Waals surface area contributed by atoms with Crippen LogP contribution in [-0.4, -0.2) is 12.6 Å². The van der Waals surface area contributed by atoms with Crippen LogP contribution in [0.4, 0.5) is 16.2 Å². The van der Waals surface area contributed by atoms with Gasteiger partial charge < -0.3 is 16.0 Å². The Hall–Kier alpha value is -1.91. The van der Waals surface area contributed by atoms with E-state index in [-0.39, 0.29) is 12.1 Å². The van der Waals surface area contributed by atoms with Gasteiger partial charge in [0.15, 0.2) is 0 Å². The van der Waals surface area contributed by atoms with Crippen molar-refractivity contribution < 1.29 is 4.79 Å². The fourth-order valence-corrected chi connectivity index (χ4v) is 5.44. The number of fused-ring (bicyclic) bond motifs is 3. The fourth-order valence-electron chi connectivity index (χ4n) is 4.81. The van der Waals surface area contributed by atoms with Crippen LogP contribution < -0.4 is 16.0 Å². The predicted octanol–water partition coefficient (Wildman–Crippen LogP) is 6.97. The van der Waals surface area contributed by atoms with Crippen molar-refractivity contribution in [2.75, 3.05) is 17.2 Å². The van der Waals surface area contributed by atoms with Gasteiger partial charge in [0.05, 0.1) is 6.04 Å². The van der Waals surface area contributed by atoms with Gasteiger partial charge in [-0.1, -0.05) is 49.0 Å². The lowest BCUT2D eigenvalue weighted by Crippen LogP contribution is -2.34. The molecule has 154 valence electrons. The molecule has 2 amide bonds. The monoisotopic (exact) mass is 431 g/mol. The maximum Gasteiger partial charge on any atom is 0.319 e. The highest BCUT2D eigenvalue weighted by atomic mass is 35.5. The summed E-state index contributed by atoms with van der Waals surface area (Å²) in [5.74, 6) is 0.857. The van der Waals surface area contributed by atoms with Gasteiger partial charge >= 0.3 is 6.03 Å². The van der Waals surface area contributed by atoms with Crippen molar-refractivity contribution in [1.29, 1.82) is 0 Å². The quantitative estimate of drug-likeness (QED) is 0.489. The van der Waals surface area contributed by atoms with Gasteiger partial charge in [0.1, 0.15) is 0 Å². The van der Waals surface area contributed by atoms with Crippen LogP contribution >= 0.6 is 23.2 Å². The molecule has 0 saturated heterocycles. The van der Waals surface area contributed by atoms with E-state index >= 15 is 0 Å². The molecular weight excluding hydrogens is 405 g/mol. The van der Waals surface area contributed by atoms with Crippen LogP contribution in [0, 0.1) is 5.92 Å². The highest BCUT2D eigenvalue weighted by molar-refractivity contribution is 6.36. The summed E-state index contributed by atoms with van der Waals surface area (Å²) in [5, 5.41) is 11.0. The lowest BCUT2D eigenvalue weighted by Gasteiger charge is -2.44. The standard InChI is InChI=1S/C23H27Cl2N3O/c1-2-12-26-23(29)27-14-10-11-20-17(13-14)15-6-3-4-7-16(15)22(28-20)21-18(24)8-5-9-19(21)25/h5,8-11,13,15-16,22,28H,2-4,6-7,12H2,1H3,(H2,26,27,29). The molecule has 1 heterocycles. The minimum absolute atomic E-state index is 0.0978. The van der Waals surface area contributed by atoms with E-state index in [1.165, 1.54) is 18.4 Å². The van der Waals surface area contributed by atoms with E-state index in [2.05, 4.69) is 28.1 Å². The summed E-state index contributed by atoms with van der Waals surface area (Å²) in [6.45, 7) is 2.71. The number of rotatable bonds is 4. The molecule has 3 atom stereocenters. The van der Waals surface area contributed by atoms with E-state index in [0.29, 0.717) is 28.4 Å². The number of anilines is 2. The van der Waals surface area contributed by atoms with Gasteiger partial charge in [-0.15, -0.1) is 0 Å². The number of halogens is 2. The van der Waals surface area contributed by atoms with Crippen molar-refractivity contribution in [1.82, 2.24) is 5.32 Å². The van der Waals surface area contributed by atoms with E-state index in [0.717, 1.165) is 36.2 Å². The molecule has 0 bridgehead atoms. The van der Waals surface area contributed by atoms with E-state index in [4.69, 9.17) is 23.2 Å². The number of hydrogen-bond acceptors (Lipinski definition) is 2. The van der Waals surface area contributed by atoms with Crippen LogP contribution in [0.5, 0.6) is 0 Å². The predicted molar refractivity (Wildman–Crippen MR) is 121 cm³/mol. The molecule has 1 fully saturated rings. The van der Waals surface area contributed by atoms with Crippen LogP contribution in [0.3, 0.4) is 0 Å². The number of carbonyl (C=O) groups excluding carboxylic acids is 1. The minimum atomic E-state index is -0.156. The average molecular weight is 432 g/mol. The summed E-state index contributed by atoms with van der Waals surface area (Å²) in [7, 11) is 0. The van der Waals surface area contributed by atoms with E-state index < -0.39 is 0 Å². The first-order chi connectivity index (χ1) is 14.1. The molecule has 29 heavy (non-hydrogen) atoms. The first kappa shape index (κ1) is 20.4. The summed E-state index contributed by atoms with van der Waals surface area (Å²) in [6, 6.07) is 11.8. The van der Waals surface area contributed by atoms with Crippen LogP contribution in [0.1, 0.15) is 62.1 Å². The van der Waals surface area contributed by atoms with Gasteiger partial charge in [0, 0.05) is 33.5 Å². The summed E-state index contributed by atoms with van der Waals surface area (Å²) in [4.78, 5) is 12.1. The molecule has 2 aliphatic rings. The molecule has 1 saturated carbocycles. The Morgan fingerprint density at radius 3 is 2.66 bits per heavy atom. The maximum absolute atomic E-state index is 12.1. The molecule has 2 aromatic carbocycles. The summed E-state index contributed by atoms with van der Waals surface area (Å²) in [5.41, 5.74) is 4.22. The lowest BCUT2D eigenvalue weighted by atomic mass is 9.68. The SMILES string of the molecule is CCCNC(=O)Nc1ccc2c(c1)C1CCCCC1C(c1c(Cl)cccc1Cl)N2. The van der Waals surface area contributed by atoms with Crippen molar-refractivity contribution in [3.05, 3.63) is 57.6 Å². The third-order valence-electron chi connectivity index (χ3n) is 6.11. The molecule has 4 rings (SSSR count). The van der Waals surface area contributed by atoms with Gasteiger partial charge in [-0.25, -0.2) is 4.79 Å².